The summed E-state index contributed by atoms with van der Waals surface area (Å²) in [4.78, 5) is 19.9. The number of amides is 1. The molecule has 1 aliphatic heterocycles. The lowest BCUT2D eigenvalue weighted by Gasteiger charge is -2.28. The van der Waals surface area contributed by atoms with Crippen LogP contribution in [0.3, 0.4) is 0 Å². The van der Waals surface area contributed by atoms with Crippen molar-refractivity contribution in [3.8, 4) is 11.1 Å². The number of halogens is 3. The third-order valence-corrected chi connectivity index (χ3v) is 6.34. The molecule has 1 aliphatic rings. The van der Waals surface area contributed by atoms with Crippen molar-refractivity contribution in [3.05, 3.63) is 119 Å². The Morgan fingerprint density at radius 2 is 1.72 bits per heavy atom. The lowest BCUT2D eigenvalue weighted by Crippen LogP contribution is -2.30. The van der Waals surface area contributed by atoms with Crippen LogP contribution in [0, 0.1) is 0 Å². The Labute approximate surface area is 207 Å². The average molecular weight is 488 g/mol. The zero-order chi connectivity index (χ0) is 25.1. The molecule has 182 valence electrons. The van der Waals surface area contributed by atoms with Gasteiger partial charge >= 0.3 is 6.18 Å². The summed E-state index contributed by atoms with van der Waals surface area (Å²) in [5.74, 6) is -0.576. The Bertz CT molecular complexity index is 1370. The van der Waals surface area contributed by atoms with Gasteiger partial charge in [0.25, 0.3) is 5.91 Å². The molecule has 0 saturated carbocycles. The minimum Gasteiger partial charge on any atom is -0.322 e. The predicted octanol–water partition coefficient (Wildman–Crippen LogP) is 6.58. The minimum atomic E-state index is -4.54. The smallest absolute Gasteiger partial charge is 0.322 e. The second-order valence-corrected chi connectivity index (χ2v) is 8.84. The van der Waals surface area contributed by atoms with Crippen LogP contribution in [0.4, 0.5) is 18.9 Å². The minimum absolute atomic E-state index is 0.0183. The second kappa shape index (κ2) is 9.95. The van der Waals surface area contributed by atoms with E-state index in [-0.39, 0.29) is 5.56 Å². The topological polar surface area (TPSA) is 45.2 Å². The van der Waals surface area contributed by atoms with Crippen LogP contribution in [0.2, 0.25) is 0 Å². The van der Waals surface area contributed by atoms with E-state index in [2.05, 4.69) is 15.2 Å². The van der Waals surface area contributed by atoms with Crippen molar-refractivity contribution >= 4 is 11.6 Å². The predicted molar refractivity (Wildman–Crippen MR) is 133 cm³/mol. The molecule has 1 N–H and O–H groups in total. The van der Waals surface area contributed by atoms with E-state index in [4.69, 9.17) is 0 Å². The van der Waals surface area contributed by atoms with E-state index < -0.39 is 17.6 Å². The van der Waals surface area contributed by atoms with Crippen molar-refractivity contribution in [1.29, 1.82) is 0 Å². The van der Waals surface area contributed by atoms with Crippen LogP contribution in [0.15, 0.2) is 91.1 Å². The Morgan fingerprint density at radius 3 is 2.47 bits per heavy atom. The first-order valence-corrected chi connectivity index (χ1v) is 11.7. The number of hydrogen-bond donors (Lipinski definition) is 1. The van der Waals surface area contributed by atoms with Crippen LogP contribution in [-0.4, -0.2) is 22.3 Å². The van der Waals surface area contributed by atoms with Gasteiger partial charge < -0.3 is 5.32 Å². The van der Waals surface area contributed by atoms with Crippen molar-refractivity contribution in [2.45, 2.75) is 25.7 Å². The Kier molecular flexibility index (Phi) is 6.57. The maximum atomic E-state index is 13.4. The Balaban J connectivity index is 1.37. The summed E-state index contributed by atoms with van der Waals surface area (Å²) >= 11 is 0. The van der Waals surface area contributed by atoms with Crippen molar-refractivity contribution in [2.75, 3.05) is 11.9 Å². The van der Waals surface area contributed by atoms with Crippen molar-refractivity contribution in [3.63, 3.8) is 0 Å². The van der Waals surface area contributed by atoms with Crippen LogP contribution < -0.4 is 5.32 Å². The molecule has 2 heterocycles. The molecule has 0 saturated heterocycles. The molecule has 4 nitrogen and oxygen atoms in total. The monoisotopic (exact) mass is 487 g/mol. The largest absolute Gasteiger partial charge is 0.416 e. The molecule has 36 heavy (non-hydrogen) atoms. The van der Waals surface area contributed by atoms with Crippen LogP contribution in [0.5, 0.6) is 0 Å². The molecule has 1 amide bonds. The molecule has 5 rings (SSSR count). The van der Waals surface area contributed by atoms with E-state index in [0.717, 1.165) is 49.4 Å². The van der Waals surface area contributed by atoms with Crippen LogP contribution >= 0.6 is 0 Å². The summed E-state index contributed by atoms with van der Waals surface area (Å²) in [6, 6.07) is 23.8. The van der Waals surface area contributed by atoms with E-state index in [9.17, 15) is 18.0 Å². The van der Waals surface area contributed by atoms with E-state index in [1.807, 2.05) is 36.4 Å². The Hall–Kier alpha value is -3.97. The average Bonchev–Trinajstić information content (AvgIpc) is 2.89. The molecule has 0 spiro atoms. The zero-order valence-electron chi connectivity index (χ0n) is 19.4. The SMILES string of the molecule is O=C(Nc1ccc2c(c1)CCN(Cc1ccccn1)C2)c1cc(C(F)(F)F)ccc1-c1ccccc1. The molecular formula is C29H24F3N3O. The normalized spacial score (nSPS) is 13.8. The van der Waals surface area contributed by atoms with E-state index in [0.29, 0.717) is 16.8 Å². The third-order valence-electron chi connectivity index (χ3n) is 6.34. The highest BCUT2D eigenvalue weighted by molar-refractivity contribution is 6.09. The summed E-state index contributed by atoms with van der Waals surface area (Å²) in [7, 11) is 0. The van der Waals surface area contributed by atoms with Gasteiger partial charge in [0.05, 0.1) is 11.3 Å². The molecule has 0 unspecified atom stereocenters. The molecule has 7 heteroatoms. The van der Waals surface area contributed by atoms with Gasteiger partial charge in [-0.2, -0.15) is 13.2 Å². The summed E-state index contributed by atoms with van der Waals surface area (Å²) in [5, 5.41) is 2.82. The standard InChI is InChI=1S/C29H24F3N3O/c30-29(31,32)23-10-12-26(20-6-2-1-3-7-20)27(17-23)28(36)34-24-11-9-22-18-35(15-13-21(22)16-24)19-25-8-4-5-14-33-25/h1-12,14,16-17H,13,15,18-19H2,(H,34,36). The Morgan fingerprint density at radius 1 is 0.917 bits per heavy atom. The number of hydrogen-bond acceptors (Lipinski definition) is 3. The van der Waals surface area contributed by atoms with Gasteiger partial charge in [0.1, 0.15) is 0 Å². The van der Waals surface area contributed by atoms with E-state index in [1.165, 1.54) is 11.6 Å². The van der Waals surface area contributed by atoms with Gasteiger partial charge in [0.15, 0.2) is 0 Å². The van der Waals surface area contributed by atoms with Crippen molar-refractivity contribution in [1.82, 2.24) is 9.88 Å². The number of nitrogens with zero attached hydrogens (tertiary/aromatic N) is 2. The van der Waals surface area contributed by atoms with Crippen molar-refractivity contribution in [2.24, 2.45) is 0 Å². The second-order valence-electron chi connectivity index (χ2n) is 8.84. The van der Waals surface area contributed by atoms with Crippen LogP contribution in [0.25, 0.3) is 11.1 Å². The quantitative estimate of drug-likeness (QED) is 0.346. The van der Waals surface area contributed by atoms with Crippen LogP contribution in [-0.2, 0) is 25.7 Å². The number of alkyl halides is 3. The van der Waals surface area contributed by atoms with Gasteiger partial charge in [-0.3, -0.25) is 14.7 Å². The molecule has 4 aromatic rings. The number of fused-ring (bicyclic) bond motifs is 1. The first-order valence-electron chi connectivity index (χ1n) is 11.7. The number of benzene rings is 3. The van der Waals surface area contributed by atoms with Gasteiger partial charge in [-0.15, -0.1) is 0 Å². The summed E-state index contributed by atoms with van der Waals surface area (Å²) in [6.45, 7) is 2.38. The zero-order valence-corrected chi connectivity index (χ0v) is 19.4. The fourth-order valence-corrected chi connectivity index (χ4v) is 4.52. The fourth-order valence-electron chi connectivity index (χ4n) is 4.52. The number of aromatic nitrogens is 1. The molecule has 0 bridgehead atoms. The number of anilines is 1. The molecular weight excluding hydrogens is 463 g/mol. The highest BCUT2D eigenvalue weighted by Crippen LogP contribution is 2.34. The van der Waals surface area contributed by atoms with Gasteiger partial charge in [0, 0.05) is 37.1 Å². The highest BCUT2D eigenvalue weighted by Gasteiger charge is 2.32. The summed E-state index contributed by atoms with van der Waals surface area (Å²) in [5.41, 5.74) is 4.12. The van der Waals surface area contributed by atoms with E-state index in [1.54, 1.807) is 36.5 Å². The summed E-state index contributed by atoms with van der Waals surface area (Å²) < 4.78 is 40.2. The number of carbonyl (C=O) groups excluding carboxylic acids is 1. The summed E-state index contributed by atoms with van der Waals surface area (Å²) in [6.07, 6.45) is -1.95. The van der Waals surface area contributed by atoms with Gasteiger partial charge in [-0.25, -0.2) is 0 Å². The first-order chi connectivity index (χ1) is 17.4. The molecule has 3 aromatic carbocycles. The van der Waals surface area contributed by atoms with E-state index >= 15 is 0 Å². The molecule has 1 aromatic heterocycles. The lowest BCUT2D eigenvalue weighted by atomic mass is 9.96. The number of nitrogens with one attached hydrogen (secondary N) is 1. The van der Waals surface area contributed by atoms with Gasteiger partial charge in [-0.05, 0) is 65.1 Å². The molecule has 0 fully saturated rings. The molecule has 0 aliphatic carbocycles. The third kappa shape index (κ3) is 5.31. The molecule has 0 radical (unpaired) electrons. The fraction of sp³-hybridized carbons (Fsp3) is 0.172. The highest BCUT2D eigenvalue weighted by atomic mass is 19.4. The molecule has 0 atom stereocenters. The van der Waals surface area contributed by atoms with Gasteiger partial charge in [-0.1, -0.05) is 48.5 Å². The maximum Gasteiger partial charge on any atom is 0.416 e. The number of pyridine rings is 1. The maximum absolute atomic E-state index is 13.4. The van der Waals surface area contributed by atoms with Crippen LogP contribution in [0.1, 0.15) is 32.7 Å². The van der Waals surface area contributed by atoms with Crippen molar-refractivity contribution < 1.29 is 18.0 Å². The lowest BCUT2D eigenvalue weighted by molar-refractivity contribution is -0.137. The van der Waals surface area contributed by atoms with Gasteiger partial charge in [0.2, 0.25) is 0 Å². The number of carbonyl (C=O) groups is 1. The number of rotatable bonds is 5. The first kappa shape index (κ1) is 23.8.